The molecule has 5 nitrogen and oxygen atoms in total. The SMILES string of the molecule is Cc1ccccc1OCC(=O)NC1C[C@@H](O)[C@@H](O)C1. The summed E-state index contributed by atoms with van der Waals surface area (Å²) in [5.41, 5.74) is 0.974. The first-order valence-corrected chi connectivity index (χ1v) is 6.40. The Morgan fingerprint density at radius 1 is 1.32 bits per heavy atom. The summed E-state index contributed by atoms with van der Waals surface area (Å²) in [6.45, 7) is 1.85. The summed E-state index contributed by atoms with van der Waals surface area (Å²) in [6.07, 6.45) is -0.723. The highest BCUT2D eigenvalue weighted by Crippen LogP contribution is 2.20. The van der Waals surface area contributed by atoms with Gasteiger partial charge in [-0.25, -0.2) is 0 Å². The maximum Gasteiger partial charge on any atom is 0.258 e. The largest absolute Gasteiger partial charge is 0.484 e. The lowest BCUT2D eigenvalue weighted by Crippen LogP contribution is -2.36. The first kappa shape index (κ1) is 13.8. The third kappa shape index (κ3) is 3.68. The second kappa shape index (κ2) is 6.04. The molecular weight excluding hydrogens is 246 g/mol. The van der Waals surface area contributed by atoms with Gasteiger partial charge in [-0.15, -0.1) is 0 Å². The number of rotatable bonds is 4. The molecule has 3 N–H and O–H groups in total. The number of carbonyl (C=O) groups excluding carboxylic acids is 1. The van der Waals surface area contributed by atoms with E-state index in [1.165, 1.54) is 0 Å². The summed E-state index contributed by atoms with van der Waals surface area (Å²) >= 11 is 0. The Kier molecular flexibility index (Phi) is 4.39. The molecule has 0 aliphatic heterocycles. The van der Waals surface area contributed by atoms with E-state index in [0.29, 0.717) is 18.6 Å². The lowest BCUT2D eigenvalue weighted by Gasteiger charge is -2.13. The van der Waals surface area contributed by atoms with E-state index in [1.807, 2.05) is 31.2 Å². The zero-order chi connectivity index (χ0) is 13.8. The van der Waals surface area contributed by atoms with Crippen LogP contribution in [0.15, 0.2) is 24.3 Å². The first-order chi connectivity index (χ1) is 9.06. The van der Waals surface area contributed by atoms with Gasteiger partial charge in [0, 0.05) is 6.04 Å². The summed E-state index contributed by atoms with van der Waals surface area (Å²) in [5.74, 6) is 0.443. The van der Waals surface area contributed by atoms with Crippen molar-refractivity contribution in [1.82, 2.24) is 5.32 Å². The smallest absolute Gasteiger partial charge is 0.258 e. The lowest BCUT2D eigenvalue weighted by molar-refractivity contribution is -0.123. The number of para-hydroxylation sites is 1. The third-order valence-corrected chi connectivity index (χ3v) is 3.31. The minimum Gasteiger partial charge on any atom is -0.484 e. The molecule has 1 aromatic rings. The van der Waals surface area contributed by atoms with Gasteiger partial charge >= 0.3 is 0 Å². The average Bonchev–Trinajstić information content (AvgIpc) is 2.67. The van der Waals surface area contributed by atoms with Crippen LogP contribution < -0.4 is 10.1 Å². The van der Waals surface area contributed by atoms with E-state index in [0.717, 1.165) is 5.56 Å². The van der Waals surface area contributed by atoms with Crippen LogP contribution >= 0.6 is 0 Å². The molecule has 104 valence electrons. The highest BCUT2D eigenvalue weighted by atomic mass is 16.5. The number of aryl methyl sites for hydroxylation is 1. The van der Waals surface area contributed by atoms with Crippen LogP contribution in [0, 0.1) is 6.92 Å². The fraction of sp³-hybridized carbons (Fsp3) is 0.500. The van der Waals surface area contributed by atoms with E-state index >= 15 is 0 Å². The van der Waals surface area contributed by atoms with E-state index < -0.39 is 12.2 Å². The monoisotopic (exact) mass is 265 g/mol. The Bertz CT molecular complexity index is 439. The second-order valence-corrected chi connectivity index (χ2v) is 4.92. The van der Waals surface area contributed by atoms with Crippen LogP contribution in [-0.2, 0) is 4.79 Å². The number of amides is 1. The molecule has 1 aromatic carbocycles. The van der Waals surface area contributed by atoms with Gasteiger partial charge in [-0.1, -0.05) is 18.2 Å². The summed E-state index contributed by atoms with van der Waals surface area (Å²) in [4.78, 5) is 11.7. The zero-order valence-electron chi connectivity index (χ0n) is 10.9. The van der Waals surface area contributed by atoms with Crippen molar-refractivity contribution in [3.05, 3.63) is 29.8 Å². The molecule has 19 heavy (non-hydrogen) atoms. The van der Waals surface area contributed by atoms with E-state index in [4.69, 9.17) is 4.74 Å². The quantitative estimate of drug-likeness (QED) is 0.735. The molecule has 1 unspecified atom stereocenters. The number of aliphatic hydroxyl groups excluding tert-OH is 2. The van der Waals surface area contributed by atoms with Gasteiger partial charge in [-0.3, -0.25) is 4.79 Å². The molecule has 2 rings (SSSR count). The highest BCUT2D eigenvalue weighted by Gasteiger charge is 2.32. The van der Waals surface area contributed by atoms with Crippen LogP contribution in [0.2, 0.25) is 0 Å². The molecule has 1 saturated carbocycles. The van der Waals surface area contributed by atoms with E-state index in [1.54, 1.807) is 0 Å². The van der Waals surface area contributed by atoms with Gasteiger partial charge in [0.1, 0.15) is 5.75 Å². The molecular formula is C14H19NO4. The Labute approximate surface area is 112 Å². The number of hydrogen-bond donors (Lipinski definition) is 3. The summed E-state index contributed by atoms with van der Waals surface area (Å²) in [7, 11) is 0. The standard InChI is InChI=1S/C14H19NO4/c1-9-4-2-3-5-13(9)19-8-14(18)15-10-6-11(16)12(17)7-10/h2-5,10-12,16-17H,6-8H2,1H3,(H,15,18)/t10?,11-,12+. The van der Waals surface area contributed by atoms with Crippen LogP contribution in [0.1, 0.15) is 18.4 Å². The Balaban J connectivity index is 1.78. The van der Waals surface area contributed by atoms with Crippen molar-refractivity contribution in [3.63, 3.8) is 0 Å². The summed E-state index contributed by atoms with van der Waals surface area (Å²) in [5, 5.41) is 21.5. The second-order valence-electron chi connectivity index (χ2n) is 4.92. The van der Waals surface area contributed by atoms with Crippen LogP contribution in [0.3, 0.4) is 0 Å². The fourth-order valence-corrected chi connectivity index (χ4v) is 2.24. The third-order valence-electron chi connectivity index (χ3n) is 3.31. The van der Waals surface area contributed by atoms with Gasteiger partial charge in [0.05, 0.1) is 12.2 Å². The predicted octanol–water partition coefficient (Wildman–Crippen LogP) is 0.374. The van der Waals surface area contributed by atoms with E-state index in [-0.39, 0.29) is 18.6 Å². The maximum atomic E-state index is 11.7. The first-order valence-electron chi connectivity index (χ1n) is 6.40. The van der Waals surface area contributed by atoms with Gasteiger partial charge in [-0.05, 0) is 31.4 Å². The van der Waals surface area contributed by atoms with Gasteiger partial charge in [-0.2, -0.15) is 0 Å². The molecule has 0 aromatic heterocycles. The average molecular weight is 265 g/mol. The molecule has 1 amide bonds. The maximum absolute atomic E-state index is 11.7. The predicted molar refractivity (Wildman–Crippen MR) is 69.9 cm³/mol. The Hall–Kier alpha value is -1.59. The highest BCUT2D eigenvalue weighted by molar-refractivity contribution is 5.77. The molecule has 1 aliphatic rings. The number of benzene rings is 1. The lowest BCUT2D eigenvalue weighted by atomic mass is 10.2. The van der Waals surface area contributed by atoms with Crippen molar-refractivity contribution in [2.45, 2.75) is 38.0 Å². The van der Waals surface area contributed by atoms with Crippen LogP contribution in [-0.4, -0.2) is 41.0 Å². The van der Waals surface area contributed by atoms with Gasteiger partial charge in [0.25, 0.3) is 5.91 Å². The number of ether oxygens (including phenoxy) is 1. The molecule has 0 saturated heterocycles. The van der Waals surface area contributed by atoms with Crippen LogP contribution in [0.4, 0.5) is 0 Å². The van der Waals surface area contributed by atoms with Crippen molar-refractivity contribution in [1.29, 1.82) is 0 Å². The molecule has 1 fully saturated rings. The van der Waals surface area contributed by atoms with Crippen molar-refractivity contribution in [2.24, 2.45) is 0 Å². The number of nitrogens with one attached hydrogen (secondary N) is 1. The Morgan fingerprint density at radius 2 is 1.95 bits per heavy atom. The summed E-state index contributed by atoms with van der Waals surface area (Å²) in [6, 6.07) is 7.30. The van der Waals surface area contributed by atoms with Crippen molar-refractivity contribution < 1.29 is 19.7 Å². The minimum atomic E-state index is -0.748. The van der Waals surface area contributed by atoms with E-state index in [9.17, 15) is 15.0 Å². The Morgan fingerprint density at radius 3 is 2.58 bits per heavy atom. The van der Waals surface area contributed by atoms with Gasteiger partial charge < -0.3 is 20.3 Å². The van der Waals surface area contributed by atoms with E-state index in [2.05, 4.69) is 5.32 Å². The molecule has 0 heterocycles. The number of aliphatic hydroxyl groups is 2. The molecule has 0 radical (unpaired) electrons. The topological polar surface area (TPSA) is 78.8 Å². The van der Waals surface area contributed by atoms with Crippen molar-refractivity contribution in [3.8, 4) is 5.75 Å². The molecule has 0 bridgehead atoms. The summed E-state index contributed by atoms with van der Waals surface area (Å²) < 4.78 is 5.43. The fourth-order valence-electron chi connectivity index (χ4n) is 2.24. The van der Waals surface area contributed by atoms with Crippen LogP contribution in [0.5, 0.6) is 5.75 Å². The number of hydrogen-bond acceptors (Lipinski definition) is 4. The molecule has 5 heteroatoms. The van der Waals surface area contributed by atoms with Gasteiger partial charge in [0.15, 0.2) is 6.61 Å². The van der Waals surface area contributed by atoms with Crippen molar-refractivity contribution in [2.75, 3.05) is 6.61 Å². The minimum absolute atomic E-state index is 0.0620. The molecule has 0 spiro atoms. The van der Waals surface area contributed by atoms with Crippen LogP contribution in [0.25, 0.3) is 0 Å². The van der Waals surface area contributed by atoms with Gasteiger partial charge in [0.2, 0.25) is 0 Å². The zero-order valence-corrected chi connectivity index (χ0v) is 10.9. The molecule has 3 atom stereocenters. The normalized spacial score (nSPS) is 26.2. The van der Waals surface area contributed by atoms with Crippen molar-refractivity contribution >= 4 is 5.91 Å². The number of carbonyl (C=O) groups is 1. The molecule has 1 aliphatic carbocycles.